The smallest absolute Gasteiger partial charge is 0.329 e. The molecule has 1 aromatic rings. The normalized spacial score (nSPS) is 27.0. The summed E-state index contributed by atoms with van der Waals surface area (Å²) in [5.41, 5.74) is 6.45. The molecule has 0 spiro atoms. The van der Waals surface area contributed by atoms with E-state index in [1.165, 1.54) is 0 Å². The lowest BCUT2D eigenvalue weighted by Crippen LogP contribution is -2.57. The number of nitrogens with two attached hydrogens (primary N) is 1. The number of hydrogen-bond donors (Lipinski definition) is 1. The van der Waals surface area contributed by atoms with E-state index >= 15 is 0 Å². The fraction of sp³-hybridized carbons (Fsp3) is 0.500. The Kier molecular flexibility index (Phi) is 4.49. The van der Waals surface area contributed by atoms with Gasteiger partial charge in [0.1, 0.15) is 6.54 Å². The van der Waals surface area contributed by atoms with Gasteiger partial charge >= 0.3 is 6.18 Å². The van der Waals surface area contributed by atoms with E-state index < -0.39 is 30.7 Å². The van der Waals surface area contributed by atoms with Crippen LogP contribution in [0.4, 0.5) is 13.2 Å². The molecule has 2 N–H and O–H groups in total. The molecule has 1 aromatic carbocycles. The fourth-order valence-electron chi connectivity index (χ4n) is 2.78. The molecule has 2 rings (SSSR count). The number of carbonyl (C=O) groups is 1. The molecule has 3 nitrogen and oxygen atoms in total. The molecule has 1 aliphatic rings. The minimum atomic E-state index is -4.45. The summed E-state index contributed by atoms with van der Waals surface area (Å²) >= 11 is 6.12. The highest BCUT2D eigenvalue weighted by Gasteiger charge is 2.43. The van der Waals surface area contributed by atoms with E-state index in [0.29, 0.717) is 5.02 Å². The molecule has 1 aliphatic heterocycles. The van der Waals surface area contributed by atoms with Gasteiger partial charge < -0.3 is 10.6 Å². The summed E-state index contributed by atoms with van der Waals surface area (Å²) in [6, 6.07) is 5.41. The number of benzene rings is 1. The van der Waals surface area contributed by atoms with Crippen molar-refractivity contribution in [1.82, 2.24) is 4.90 Å². The lowest BCUT2D eigenvalue weighted by atomic mass is 9.82. The van der Waals surface area contributed by atoms with Crippen LogP contribution in [0.3, 0.4) is 0 Å². The highest BCUT2D eigenvalue weighted by Crippen LogP contribution is 2.37. The molecule has 3 atom stereocenters. The number of rotatable bonds is 2. The number of likely N-dealkylation sites (tertiary alicyclic amines) is 1. The van der Waals surface area contributed by atoms with Gasteiger partial charge in [0.05, 0.1) is 6.04 Å². The van der Waals surface area contributed by atoms with Crippen LogP contribution in [0.15, 0.2) is 24.3 Å². The van der Waals surface area contributed by atoms with Gasteiger partial charge in [-0.2, -0.15) is 13.2 Å². The zero-order valence-electron chi connectivity index (χ0n) is 11.4. The van der Waals surface area contributed by atoms with Gasteiger partial charge in [-0.25, -0.2) is 0 Å². The van der Waals surface area contributed by atoms with Gasteiger partial charge in [0.2, 0.25) is 5.91 Å². The Morgan fingerprint density at radius 2 is 2.00 bits per heavy atom. The highest BCUT2D eigenvalue weighted by molar-refractivity contribution is 6.31. The standard InChI is InChI=1S/C14H16ClF3N2O/c1-8-10(9-4-2-3-5-11(9)15)6-12(19)13(21)20(8)7-14(16,17)18/h2-5,8,10,12H,6-7,19H2,1H3/t8-,10-,12+/m1/s1. The zero-order chi connectivity index (χ0) is 15.8. The molecular weight excluding hydrogens is 305 g/mol. The monoisotopic (exact) mass is 320 g/mol. The molecule has 0 aliphatic carbocycles. The molecule has 0 aromatic heterocycles. The summed E-state index contributed by atoms with van der Waals surface area (Å²) in [6.07, 6.45) is -4.16. The molecule has 0 saturated carbocycles. The van der Waals surface area contributed by atoms with Crippen LogP contribution in [-0.2, 0) is 4.79 Å². The summed E-state index contributed by atoms with van der Waals surface area (Å²) in [4.78, 5) is 12.8. The second kappa shape index (κ2) is 5.85. The largest absolute Gasteiger partial charge is 0.406 e. The third-order valence-corrected chi connectivity index (χ3v) is 4.18. The number of halogens is 4. The molecule has 1 amide bonds. The van der Waals surface area contributed by atoms with Crippen LogP contribution < -0.4 is 5.73 Å². The molecule has 0 radical (unpaired) electrons. The van der Waals surface area contributed by atoms with Crippen LogP contribution in [0.2, 0.25) is 5.02 Å². The average molecular weight is 321 g/mol. The molecule has 1 heterocycles. The lowest BCUT2D eigenvalue weighted by Gasteiger charge is -2.42. The van der Waals surface area contributed by atoms with Crippen molar-refractivity contribution in [2.75, 3.05) is 6.54 Å². The SMILES string of the molecule is C[C@@H]1[C@H](c2ccccc2Cl)C[C@H](N)C(=O)N1CC(F)(F)F. The Morgan fingerprint density at radius 3 is 2.57 bits per heavy atom. The van der Waals surface area contributed by atoms with Gasteiger partial charge in [-0.15, -0.1) is 0 Å². The van der Waals surface area contributed by atoms with Crippen molar-refractivity contribution < 1.29 is 18.0 Å². The second-order valence-electron chi connectivity index (χ2n) is 5.29. The molecule has 7 heteroatoms. The van der Waals surface area contributed by atoms with Gasteiger partial charge in [0, 0.05) is 17.0 Å². The molecule has 0 bridgehead atoms. The molecular formula is C14H16ClF3N2O. The van der Waals surface area contributed by atoms with Gasteiger partial charge in [-0.3, -0.25) is 4.79 Å². The lowest BCUT2D eigenvalue weighted by molar-refractivity contribution is -0.170. The maximum Gasteiger partial charge on any atom is 0.406 e. The van der Waals surface area contributed by atoms with Crippen LogP contribution in [0.25, 0.3) is 0 Å². The van der Waals surface area contributed by atoms with Crippen molar-refractivity contribution in [1.29, 1.82) is 0 Å². The molecule has 1 saturated heterocycles. The highest BCUT2D eigenvalue weighted by atomic mass is 35.5. The summed E-state index contributed by atoms with van der Waals surface area (Å²) in [6.45, 7) is 0.311. The van der Waals surface area contributed by atoms with Crippen LogP contribution in [0.1, 0.15) is 24.8 Å². The van der Waals surface area contributed by atoms with Gasteiger partial charge in [-0.05, 0) is 25.0 Å². The minimum Gasteiger partial charge on any atom is -0.329 e. The predicted octanol–water partition coefficient (Wildman–Crippen LogP) is 2.93. The summed E-state index contributed by atoms with van der Waals surface area (Å²) in [7, 11) is 0. The Morgan fingerprint density at radius 1 is 1.38 bits per heavy atom. The van der Waals surface area contributed by atoms with E-state index in [-0.39, 0.29) is 12.3 Å². The number of nitrogens with zero attached hydrogens (tertiary/aromatic N) is 1. The van der Waals surface area contributed by atoms with E-state index in [0.717, 1.165) is 10.5 Å². The van der Waals surface area contributed by atoms with Gasteiger partial charge in [-0.1, -0.05) is 29.8 Å². The molecule has 21 heavy (non-hydrogen) atoms. The van der Waals surface area contributed by atoms with Crippen LogP contribution in [-0.4, -0.2) is 35.6 Å². The van der Waals surface area contributed by atoms with Gasteiger partial charge in [0.15, 0.2) is 0 Å². The summed E-state index contributed by atoms with van der Waals surface area (Å²) in [5, 5.41) is 0.475. The average Bonchev–Trinajstić information content (AvgIpc) is 2.39. The van der Waals surface area contributed by atoms with Crippen molar-refractivity contribution in [3.8, 4) is 0 Å². The number of piperidine rings is 1. The van der Waals surface area contributed by atoms with Crippen molar-refractivity contribution in [3.63, 3.8) is 0 Å². The fourth-order valence-corrected chi connectivity index (χ4v) is 3.06. The second-order valence-corrected chi connectivity index (χ2v) is 5.70. The maximum absolute atomic E-state index is 12.7. The third kappa shape index (κ3) is 3.49. The Balaban J connectivity index is 2.32. The first kappa shape index (κ1) is 16.1. The molecule has 116 valence electrons. The maximum atomic E-state index is 12.7. The predicted molar refractivity (Wildman–Crippen MR) is 74.0 cm³/mol. The quantitative estimate of drug-likeness (QED) is 0.910. The van der Waals surface area contributed by atoms with Crippen LogP contribution in [0, 0.1) is 0 Å². The Bertz CT molecular complexity index is 535. The van der Waals surface area contributed by atoms with Crippen LogP contribution >= 0.6 is 11.6 Å². The summed E-state index contributed by atoms with van der Waals surface area (Å²) < 4.78 is 38.0. The minimum absolute atomic E-state index is 0.290. The molecule has 1 fully saturated rings. The summed E-state index contributed by atoms with van der Waals surface area (Å²) in [5.74, 6) is -0.975. The van der Waals surface area contributed by atoms with Crippen molar-refractivity contribution >= 4 is 17.5 Å². The van der Waals surface area contributed by atoms with E-state index in [9.17, 15) is 18.0 Å². The Labute approximate surface area is 125 Å². The Hall–Kier alpha value is -1.27. The van der Waals surface area contributed by atoms with Crippen LogP contribution in [0.5, 0.6) is 0 Å². The zero-order valence-corrected chi connectivity index (χ0v) is 12.2. The van der Waals surface area contributed by atoms with Crippen molar-refractivity contribution in [2.24, 2.45) is 5.73 Å². The topological polar surface area (TPSA) is 46.3 Å². The first-order chi connectivity index (χ1) is 9.70. The van der Waals surface area contributed by atoms with Gasteiger partial charge in [0.25, 0.3) is 0 Å². The van der Waals surface area contributed by atoms with E-state index in [1.807, 2.05) is 0 Å². The number of carbonyl (C=O) groups excluding carboxylic acids is 1. The third-order valence-electron chi connectivity index (χ3n) is 3.84. The number of amides is 1. The van der Waals surface area contributed by atoms with E-state index in [1.54, 1.807) is 31.2 Å². The first-order valence-electron chi connectivity index (χ1n) is 6.58. The van der Waals surface area contributed by atoms with Crippen molar-refractivity contribution in [3.05, 3.63) is 34.9 Å². The van der Waals surface area contributed by atoms with E-state index in [4.69, 9.17) is 17.3 Å². The molecule has 0 unspecified atom stereocenters. The first-order valence-corrected chi connectivity index (χ1v) is 6.95. The number of hydrogen-bond acceptors (Lipinski definition) is 2. The van der Waals surface area contributed by atoms with E-state index in [2.05, 4.69) is 0 Å². The van der Waals surface area contributed by atoms with Crippen molar-refractivity contribution in [2.45, 2.75) is 37.5 Å². The number of alkyl halides is 3.